The smallest absolute Gasteiger partial charge is 0.309 e. The second-order valence-corrected chi connectivity index (χ2v) is 6.30. The average molecular weight is 292 g/mol. The molecule has 72 valence electrons. The Hall–Kier alpha value is 0.200. The lowest BCUT2D eigenvalue weighted by Crippen LogP contribution is -2.17. The summed E-state index contributed by atoms with van der Waals surface area (Å²) in [4.78, 5) is 11.5. The molecule has 0 bridgehead atoms. The average Bonchev–Trinajstić information content (AvgIpc) is 2.60. The molecule has 0 spiro atoms. The monoisotopic (exact) mass is 292 g/mol. The normalized spacial score (nSPS) is 58.2. The van der Waals surface area contributed by atoms with Crippen molar-refractivity contribution in [3.05, 3.63) is 0 Å². The zero-order valence-electron chi connectivity index (χ0n) is 7.57. The van der Waals surface area contributed by atoms with Crippen molar-refractivity contribution in [2.24, 2.45) is 23.7 Å². The summed E-state index contributed by atoms with van der Waals surface area (Å²) in [5.41, 5.74) is 0. The van der Waals surface area contributed by atoms with Gasteiger partial charge in [0.25, 0.3) is 0 Å². The van der Waals surface area contributed by atoms with Crippen LogP contribution in [0.4, 0.5) is 0 Å². The van der Waals surface area contributed by atoms with Crippen molar-refractivity contribution in [3.8, 4) is 0 Å². The minimum absolute atomic E-state index is 0.0890. The molecule has 0 unspecified atom stereocenters. The first kappa shape index (κ1) is 8.50. The molecule has 3 fully saturated rings. The summed E-state index contributed by atoms with van der Waals surface area (Å²) in [5.74, 6) is 2.43. The van der Waals surface area contributed by atoms with Gasteiger partial charge in [-0.15, -0.1) is 0 Å². The van der Waals surface area contributed by atoms with E-state index in [2.05, 4.69) is 29.5 Å². The molecule has 1 aliphatic heterocycles. The summed E-state index contributed by atoms with van der Waals surface area (Å²) in [7, 11) is 0. The fourth-order valence-electron chi connectivity index (χ4n) is 3.61. The predicted octanol–water partition coefficient (Wildman–Crippen LogP) is 2.01. The summed E-state index contributed by atoms with van der Waals surface area (Å²) in [6, 6.07) is 0. The Morgan fingerprint density at radius 1 is 1.38 bits per heavy atom. The van der Waals surface area contributed by atoms with Gasteiger partial charge in [-0.05, 0) is 24.7 Å². The van der Waals surface area contributed by atoms with Gasteiger partial charge in [0.15, 0.2) is 0 Å². The Kier molecular flexibility index (Phi) is 1.71. The number of esters is 1. The van der Waals surface area contributed by atoms with E-state index in [1.165, 1.54) is 0 Å². The van der Waals surface area contributed by atoms with E-state index in [1.807, 2.05) is 0 Å². The molecule has 0 aromatic carbocycles. The Bertz CT molecular complexity index is 266. The standard InChI is InChI=1S/C10H13IO2/c1-4-2-7-9-5(10(12)13-7)3-6(11)8(4)9/h4-9H,2-3H2,1H3/t4-,5+,6-,7-,8-,9-/m1/s1. The van der Waals surface area contributed by atoms with Crippen LogP contribution < -0.4 is 0 Å². The van der Waals surface area contributed by atoms with Crippen molar-refractivity contribution in [3.63, 3.8) is 0 Å². The molecular formula is C10H13IO2. The van der Waals surface area contributed by atoms with E-state index in [-0.39, 0.29) is 18.0 Å². The molecule has 0 amide bonds. The zero-order valence-corrected chi connectivity index (χ0v) is 9.73. The van der Waals surface area contributed by atoms with Gasteiger partial charge in [-0.2, -0.15) is 0 Å². The van der Waals surface area contributed by atoms with E-state index in [0.29, 0.717) is 9.84 Å². The van der Waals surface area contributed by atoms with E-state index in [4.69, 9.17) is 4.74 Å². The largest absolute Gasteiger partial charge is 0.462 e. The first-order valence-corrected chi connectivity index (χ1v) is 6.27. The maximum absolute atomic E-state index is 11.5. The van der Waals surface area contributed by atoms with Gasteiger partial charge in [0.1, 0.15) is 6.10 Å². The highest BCUT2D eigenvalue weighted by Crippen LogP contribution is 2.57. The second-order valence-electron chi connectivity index (χ2n) is 4.70. The van der Waals surface area contributed by atoms with E-state index in [0.717, 1.165) is 24.7 Å². The van der Waals surface area contributed by atoms with Crippen LogP contribution in [0.15, 0.2) is 0 Å². The van der Waals surface area contributed by atoms with Gasteiger partial charge in [0, 0.05) is 9.84 Å². The van der Waals surface area contributed by atoms with Crippen molar-refractivity contribution in [1.82, 2.24) is 0 Å². The number of hydrogen-bond acceptors (Lipinski definition) is 2. The van der Waals surface area contributed by atoms with Gasteiger partial charge in [0.2, 0.25) is 0 Å². The van der Waals surface area contributed by atoms with Crippen molar-refractivity contribution in [2.45, 2.75) is 29.8 Å². The van der Waals surface area contributed by atoms with Gasteiger partial charge in [-0.1, -0.05) is 29.5 Å². The first-order chi connectivity index (χ1) is 6.18. The molecule has 0 aromatic heterocycles. The molecule has 0 N–H and O–H groups in total. The van der Waals surface area contributed by atoms with E-state index in [9.17, 15) is 4.79 Å². The Morgan fingerprint density at radius 2 is 2.15 bits per heavy atom. The lowest BCUT2D eigenvalue weighted by Gasteiger charge is -2.16. The summed E-state index contributed by atoms with van der Waals surface area (Å²) in [6.07, 6.45) is 2.45. The maximum Gasteiger partial charge on any atom is 0.309 e. The second kappa shape index (κ2) is 2.61. The van der Waals surface area contributed by atoms with Crippen molar-refractivity contribution in [2.75, 3.05) is 0 Å². The molecule has 2 nitrogen and oxygen atoms in total. The molecular weight excluding hydrogens is 279 g/mol. The molecule has 2 aliphatic carbocycles. The van der Waals surface area contributed by atoms with Crippen LogP contribution in [0.2, 0.25) is 0 Å². The Morgan fingerprint density at radius 3 is 2.92 bits per heavy atom. The van der Waals surface area contributed by atoms with E-state index in [1.54, 1.807) is 0 Å². The lowest BCUT2D eigenvalue weighted by molar-refractivity contribution is -0.144. The number of ether oxygens (including phenoxy) is 1. The van der Waals surface area contributed by atoms with Crippen LogP contribution in [0.1, 0.15) is 19.8 Å². The van der Waals surface area contributed by atoms with Crippen LogP contribution in [0.3, 0.4) is 0 Å². The third-order valence-corrected chi connectivity index (χ3v) is 5.41. The lowest BCUT2D eigenvalue weighted by atomic mass is 9.90. The summed E-state index contributed by atoms with van der Waals surface area (Å²) < 4.78 is 6.10. The van der Waals surface area contributed by atoms with Crippen LogP contribution >= 0.6 is 22.6 Å². The van der Waals surface area contributed by atoms with Gasteiger partial charge in [-0.25, -0.2) is 0 Å². The van der Waals surface area contributed by atoms with Crippen LogP contribution in [0.25, 0.3) is 0 Å². The molecule has 13 heavy (non-hydrogen) atoms. The van der Waals surface area contributed by atoms with E-state index >= 15 is 0 Å². The Labute approximate surface area is 91.5 Å². The molecule has 0 radical (unpaired) electrons. The number of halogens is 1. The highest BCUT2D eigenvalue weighted by atomic mass is 127. The minimum Gasteiger partial charge on any atom is -0.462 e. The third-order valence-electron chi connectivity index (χ3n) is 4.07. The molecule has 1 heterocycles. The highest BCUT2D eigenvalue weighted by Gasteiger charge is 2.60. The first-order valence-electron chi connectivity index (χ1n) is 5.03. The van der Waals surface area contributed by atoms with Gasteiger partial charge >= 0.3 is 5.97 Å². The van der Waals surface area contributed by atoms with Gasteiger partial charge in [-0.3, -0.25) is 4.79 Å². The summed E-state index contributed by atoms with van der Waals surface area (Å²) in [5, 5.41) is 0. The Balaban J connectivity index is 1.98. The quantitative estimate of drug-likeness (QED) is 0.388. The van der Waals surface area contributed by atoms with Gasteiger partial charge < -0.3 is 4.74 Å². The number of rotatable bonds is 0. The van der Waals surface area contributed by atoms with Crippen molar-refractivity contribution in [1.29, 1.82) is 0 Å². The topological polar surface area (TPSA) is 26.3 Å². The van der Waals surface area contributed by atoms with Crippen LogP contribution in [-0.2, 0) is 9.53 Å². The summed E-state index contributed by atoms with van der Waals surface area (Å²) >= 11 is 2.53. The molecule has 3 aliphatic rings. The molecule has 0 aromatic rings. The van der Waals surface area contributed by atoms with Crippen LogP contribution in [0.5, 0.6) is 0 Å². The SMILES string of the molecule is C[C@@H]1C[C@H]2OC(=O)[C@H]3C[C@@H](I)[C@@H]1[C@H]32. The maximum atomic E-state index is 11.5. The zero-order chi connectivity index (χ0) is 9.16. The molecule has 3 heteroatoms. The molecule has 2 saturated carbocycles. The van der Waals surface area contributed by atoms with Crippen molar-refractivity contribution >= 4 is 28.6 Å². The fourth-order valence-corrected chi connectivity index (χ4v) is 5.34. The summed E-state index contributed by atoms with van der Waals surface area (Å²) in [6.45, 7) is 2.31. The van der Waals surface area contributed by atoms with Gasteiger partial charge in [0.05, 0.1) is 5.92 Å². The molecule has 6 atom stereocenters. The molecule has 1 saturated heterocycles. The molecule has 3 rings (SSSR count). The minimum atomic E-state index is 0.0890. The number of carbonyl (C=O) groups is 1. The predicted molar refractivity (Wildman–Crippen MR) is 56.6 cm³/mol. The third kappa shape index (κ3) is 0.969. The van der Waals surface area contributed by atoms with Crippen LogP contribution in [0, 0.1) is 23.7 Å². The van der Waals surface area contributed by atoms with E-state index < -0.39 is 0 Å². The highest BCUT2D eigenvalue weighted by molar-refractivity contribution is 14.1. The fraction of sp³-hybridized carbons (Fsp3) is 0.900. The number of hydrogen-bond donors (Lipinski definition) is 0. The number of alkyl halides is 1. The van der Waals surface area contributed by atoms with Crippen LogP contribution in [-0.4, -0.2) is 16.0 Å². The number of carbonyl (C=O) groups excluding carboxylic acids is 1. The van der Waals surface area contributed by atoms with Crippen molar-refractivity contribution < 1.29 is 9.53 Å².